The van der Waals surface area contributed by atoms with Gasteiger partial charge in [0.2, 0.25) is 17.6 Å². The van der Waals surface area contributed by atoms with Crippen LogP contribution in [0.4, 0.5) is 33.3 Å². The first kappa shape index (κ1) is 42.6. The number of aromatic hydroxyl groups is 1. The fourth-order valence-corrected chi connectivity index (χ4v) is 10.2. The van der Waals surface area contributed by atoms with Gasteiger partial charge in [0.1, 0.15) is 34.4 Å². The van der Waals surface area contributed by atoms with Crippen LogP contribution in [-0.4, -0.2) is 66.9 Å². The SMILES string of the molecule is COc1ccc(OC)c(C=Cc2ccc(N3C(=O)[C@H]4[C@H](CC=C5[C@H]4C[C@@]4(Cl)C(=O)N(c6c(F)c(F)c(F)c(F)c6F)C(=O)[C@@]4(Cl)[C@H]5c4c(OC)cc(O)cc4OC)C3=O)cc2)c1. The molecule has 0 spiro atoms. The molecule has 4 aromatic rings. The van der Waals surface area contributed by atoms with Crippen molar-refractivity contribution >= 4 is 70.4 Å². The number of phenolic OH excluding ortho intramolecular Hbond substituents is 1. The van der Waals surface area contributed by atoms with Gasteiger partial charge in [-0.2, -0.15) is 0 Å². The molecule has 11 nitrogen and oxygen atoms in total. The molecule has 3 fully saturated rings. The van der Waals surface area contributed by atoms with Crippen molar-refractivity contribution in [2.75, 3.05) is 38.2 Å². The first-order chi connectivity index (χ1) is 29.5. The standard InChI is InChI=1S/C44H33Cl2F5N2O9/c1-59-23-11-14-27(60-2)20(15-23)8-5-19-6-9-21(10-7-19)52-39(55)25-13-12-24-26(30(25)40(52)56)18-43(45)41(57)53(38-36(50)34(48)33(47)35(49)37(38)51)42(58)44(43,46)32(24)31-28(61-3)16-22(54)17-29(31)62-4/h5-12,14-17,25-26,30,32,54H,13,18H2,1-4H3/t25-,26+,30-,32+,43+,44-/m0/s1. The predicted octanol–water partition coefficient (Wildman–Crippen LogP) is 8.06. The lowest BCUT2D eigenvalue weighted by atomic mass is 9.56. The molecule has 62 heavy (non-hydrogen) atoms. The Labute approximate surface area is 359 Å². The van der Waals surface area contributed by atoms with Gasteiger partial charge in [0.05, 0.1) is 46.0 Å². The van der Waals surface area contributed by atoms with E-state index < -0.39 is 98.2 Å². The monoisotopic (exact) mass is 898 g/mol. The molecule has 0 radical (unpaired) electrons. The van der Waals surface area contributed by atoms with E-state index in [0.717, 1.165) is 22.6 Å². The molecule has 0 unspecified atom stereocenters. The van der Waals surface area contributed by atoms with Crippen molar-refractivity contribution in [1.82, 2.24) is 0 Å². The number of amides is 4. The van der Waals surface area contributed by atoms with Crippen LogP contribution in [0, 0.1) is 46.8 Å². The van der Waals surface area contributed by atoms with Gasteiger partial charge in [0.15, 0.2) is 33.0 Å². The predicted molar refractivity (Wildman–Crippen MR) is 215 cm³/mol. The molecule has 4 aromatic carbocycles. The van der Waals surface area contributed by atoms with Gasteiger partial charge in [-0.05, 0) is 54.7 Å². The minimum Gasteiger partial charge on any atom is -0.508 e. The van der Waals surface area contributed by atoms with Crippen molar-refractivity contribution in [3.63, 3.8) is 0 Å². The summed E-state index contributed by atoms with van der Waals surface area (Å²) in [6, 6.07) is 14.0. The molecule has 0 aromatic heterocycles. The zero-order valence-corrected chi connectivity index (χ0v) is 34.4. The van der Waals surface area contributed by atoms with Gasteiger partial charge in [-0.3, -0.25) is 24.1 Å². The van der Waals surface area contributed by atoms with Crippen LogP contribution < -0.4 is 28.7 Å². The Bertz CT molecular complexity index is 2630. The summed E-state index contributed by atoms with van der Waals surface area (Å²) >= 11 is 14.6. The van der Waals surface area contributed by atoms with E-state index in [9.17, 15) is 37.5 Å². The molecule has 4 amide bonds. The number of phenols is 1. The number of benzene rings is 4. The largest absolute Gasteiger partial charge is 0.508 e. The summed E-state index contributed by atoms with van der Waals surface area (Å²) in [6.07, 6.45) is 4.29. The summed E-state index contributed by atoms with van der Waals surface area (Å²) in [5, 5.41) is 10.5. The zero-order chi connectivity index (χ0) is 44.7. The van der Waals surface area contributed by atoms with Gasteiger partial charge in [0.25, 0.3) is 11.8 Å². The van der Waals surface area contributed by atoms with Crippen LogP contribution in [0.1, 0.15) is 35.4 Å². The van der Waals surface area contributed by atoms with Gasteiger partial charge in [-0.25, -0.2) is 26.9 Å². The molecule has 2 aliphatic carbocycles. The van der Waals surface area contributed by atoms with Gasteiger partial charge in [-0.15, -0.1) is 23.2 Å². The van der Waals surface area contributed by atoms with Crippen LogP contribution in [0.3, 0.4) is 0 Å². The number of carbonyl (C=O) groups excluding carboxylic acids is 4. The van der Waals surface area contributed by atoms with Gasteiger partial charge in [0, 0.05) is 29.2 Å². The van der Waals surface area contributed by atoms with Gasteiger partial charge >= 0.3 is 0 Å². The van der Waals surface area contributed by atoms with E-state index in [0.29, 0.717) is 17.1 Å². The van der Waals surface area contributed by atoms with Crippen molar-refractivity contribution in [2.45, 2.75) is 28.5 Å². The van der Waals surface area contributed by atoms with Crippen LogP contribution in [0.25, 0.3) is 12.2 Å². The maximum Gasteiger partial charge on any atom is 0.258 e. The second-order valence-corrected chi connectivity index (χ2v) is 16.2. The molecule has 4 aliphatic rings. The third-order valence-electron chi connectivity index (χ3n) is 12.1. The zero-order valence-electron chi connectivity index (χ0n) is 32.9. The van der Waals surface area contributed by atoms with E-state index in [2.05, 4.69) is 0 Å². The average molecular weight is 900 g/mol. The molecular formula is C44H33Cl2F5N2O9. The molecule has 1 N–H and O–H groups in total. The number of carbonyl (C=O) groups is 4. The van der Waals surface area contributed by atoms with Crippen LogP contribution >= 0.6 is 23.2 Å². The number of hydrogen-bond acceptors (Lipinski definition) is 9. The number of anilines is 2. The van der Waals surface area contributed by atoms with Crippen molar-refractivity contribution < 1.29 is 65.2 Å². The van der Waals surface area contributed by atoms with Gasteiger partial charge < -0.3 is 24.1 Å². The summed E-state index contributed by atoms with van der Waals surface area (Å²) < 4.78 is 96.4. The number of alkyl halides is 2. The first-order valence-electron chi connectivity index (χ1n) is 18.8. The highest BCUT2D eigenvalue weighted by Crippen LogP contribution is 2.68. The summed E-state index contributed by atoms with van der Waals surface area (Å²) in [5.74, 6) is -21.9. The summed E-state index contributed by atoms with van der Waals surface area (Å²) in [5.41, 5.74) is -0.252. The maximum atomic E-state index is 15.5. The van der Waals surface area contributed by atoms with Crippen molar-refractivity contribution in [3.05, 3.63) is 112 Å². The molecule has 0 bridgehead atoms. The molecule has 2 saturated heterocycles. The minimum atomic E-state index is -2.85. The Morgan fingerprint density at radius 1 is 0.694 bits per heavy atom. The number of allylic oxidation sites excluding steroid dienone is 2. The Kier molecular flexibility index (Phi) is 10.5. The topological polar surface area (TPSA) is 132 Å². The average Bonchev–Trinajstić information content (AvgIpc) is 3.61. The molecule has 322 valence electrons. The first-order valence-corrected chi connectivity index (χ1v) is 19.6. The maximum absolute atomic E-state index is 15.5. The lowest BCUT2D eigenvalue weighted by Gasteiger charge is -2.51. The quantitative estimate of drug-likeness (QED) is 0.0337. The number of rotatable bonds is 9. The van der Waals surface area contributed by atoms with E-state index in [1.165, 1.54) is 34.5 Å². The number of halogens is 7. The highest BCUT2D eigenvalue weighted by Gasteiger charge is 2.77. The minimum absolute atomic E-state index is 0.105. The number of ether oxygens (including phenoxy) is 4. The number of methoxy groups -OCH3 is 4. The summed E-state index contributed by atoms with van der Waals surface area (Å²) in [4.78, 5) is 53.3. The van der Waals surface area contributed by atoms with Gasteiger partial charge in [-0.1, -0.05) is 35.9 Å². The molecule has 8 rings (SSSR count). The number of nitrogens with zero attached hydrogens (tertiary/aromatic N) is 2. The Morgan fingerprint density at radius 2 is 1.29 bits per heavy atom. The van der Waals surface area contributed by atoms with Crippen LogP contribution in [-0.2, 0) is 19.2 Å². The van der Waals surface area contributed by atoms with E-state index in [-0.39, 0.29) is 45.4 Å². The van der Waals surface area contributed by atoms with Crippen molar-refractivity contribution in [2.24, 2.45) is 17.8 Å². The lowest BCUT2D eigenvalue weighted by molar-refractivity contribution is -0.125. The molecule has 1 saturated carbocycles. The van der Waals surface area contributed by atoms with Crippen LogP contribution in [0.2, 0.25) is 0 Å². The highest BCUT2D eigenvalue weighted by atomic mass is 35.5. The molecular weight excluding hydrogens is 866 g/mol. The molecule has 2 heterocycles. The fraction of sp³-hybridized carbons (Fsp3) is 0.273. The third kappa shape index (κ3) is 5.97. The van der Waals surface area contributed by atoms with E-state index in [1.54, 1.807) is 54.6 Å². The Hall–Kier alpha value is -6.13. The summed E-state index contributed by atoms with van der Waals surface area (Å²) in [6.45, 7) is 0. The van der Waals surface area contributed by atoms with Crippen molar-refractivity contribution in [1.29, 1.82) is 0 Å². The molecule has 6 atom stereocenters. The van der Waals surface area contributed by atoms with Crippen LogP contribution in [0.5, 0.6) is 28.7 Å². The molecule has 2 aliphatic heterocycles. The smallest absolute Gasteiger partial charge is 0.258 e. The fourth-order valence-electron chi connectivity index (χ4n) is 9.24. The van der Waals surface area contributed by atoms with Crippen LogP contribution in [0.15, 0.2) is 66.2 Å². The van der Waals surface area contributed by atoms with E-state index in [4.69, 9.17) is 42.1 Å². The second kappa shape index (κ2) is 15.3. The Morgan fingerprint density at radius 3 is 1.87 bits per heavy atom. The number of fused-ring (bicyclic) bond motifs is 4. The number of imide groups is 2. The normalized spacial score (nSPS) is 25.5. The highest BCUT2D eigenvalue weighted by molar-refractivity contribution is 6.58. The van der Waals surface area contributed by atoms with E-state index in [1.807, 2.05) is 0 Å². The van der Waals surface area contributed by atoms with E-state index >= 15 is 8.78 Å². The summed E-state index contributed by atoms with van der Waals surface area (Å²) in [7, 11) is 5.44. The number of hydrogen-bond donors (Lipinski definition) is 1. The van der Waals surface area contributed by atoms with Crippen molar-refractivity contribution in [3.8, 4) is 28.7 Å². The Balaban J connectivity index is 1.23. The second-order valence-electron chi connectivity index (χ2n) is 15.0. The third-order valence-corrected chi connectivity index (χ3v) is 13.5. The molecule has 18 heteroatoms. The lowest BCUT2D eigenvalue weighted by Crippen LogP contribution is -2.60.